The van der Waals surface area contributed by atoms with Gasteiger partial charge in [0.15, 0.2) is 5.43 Å². The molecule has 2 atom stereocenters. The van der Waals surface area contributed by atoms with E-state index >= 15 is 0 Å². The summed E-state index contributed by atoms with van der Waals surface area (Å²) in [4.78, 5) is 18.5. The number of likely N-dealkylation sites (tertiary alicyclic amines) is 1. The highest BCUT2D eigenvalue weighted by atomic mass is 31.0. The lowest BCUT2D eigenvalue weighted by Crippen LogP contribution is -2.40. The Labute approximate surface area is 214 Å². The van der Waals surface area contributed by atoms with E-state index < -0.39 is 11.6 Å². The number of aromatic nitrogens is 1. The van der Waals surface area contributed by atoms with E-state index in [1.807, 2.05) is 31.2 Å². The molecule has 2 N–H and O–H groups in total. The molecule has 4 rings (SSSR count). The van der Waals surface area contributed by atoms with Gasteiger partial charge in [0.1, 0.15) is 6.11 Å². The first-order chi connectivity index (χ1) is 16.9. The Morgan fingerprint density at radius 1 is 1.31 bits per heavy atom. The fourth-order valence-electron chi connectivity index (χ4n) is 5.27. The number of rotatable bonds is 5. The van der Waals surface area contributed by atoms with E-state index in [2.05, 4.69) is 36.7 Å². The fourth-order valence-corrected chi connectivity index (χ4v) is 5.50. The number of nitrogens with one attached hydrogen (secondary N) is 1. The maximum Gasteiger partial charge on any atom is 0.265 e. The largest absolute Gasteiger partial charge is 0.462 e. The van der Waals surface area contributed by atoms with Gasteiger partial charge in [0.25, 0.3) is 5.66 Å². The Hall–Kier alpha value is -2.90. The van der Waals surface area contributed by atoms with Crippen LogP contribution in [0.2, 0.25) is 0 Å². The van der Waals surface area contributed by atoms with Crippen LogP contribution in [0.15, 0.2) is 59.6 Å². The molecule has 0 radical (unpaired) electrons. The average molecular weight is 513 g/mol. The van der Waals surface area contributed by atoms with Gasteiger partial charge < -0.3 is 15.0 Å². The predicted octanol–water partition coefficient (Wildman–Crippen LogP) is 6.47. The summed E-state index contributed by atoms with van der Waals surface area (Å²) in [6, 6.07) is 5.83. The normalized spacial score (nSPS) is 18.8. The van der Waals surface area contributed by atoms with Crippen LogP contribution in [0.3, 0.4) is 0 Å². The molecule has 7 heteroatoms. The lowest BCUT2D eigenvalue weighted by Gasteiger charge is -2.44. The summed E-state index contributed by atoms with van der Waals surface area (Å²) in [6.45, 7) is 12.2. The number of alkyl halides is 2. The quantitative estimate of drug-likeness (QED) is 0.357. The first-order valence-corrected chi connectivity index (χ1v) is 12.7. The zero-order chi connectivity index (χ0) is 26.7. The first kappa shape index (κ1) is 27.7. The van der Waals surface area contributed by atoms with Crippen molar-refractivity contribution in [3.63, 3.8) is 0 Å². The molecular formula is C29H35F2N2O2P. The van der Waals surface area contributed by atoms with Crippen LogP contribution < -0.4 is 5.43 Å². The maximum atomic E-state index is 13.9. The molecule has 1 aliphatic carbocycles. The molecule has 4 nitrogen and oxygen atoms in total. The number of aliphatic hydroxyl groups is 1. The van der Waals surface area contributed by atoms with Gasteiger partial charge in [0.2, 0.25) is 0 Å². The van der Waals surface area contributed by atoms with Gasteiger partial charge in [-0.3, -0.25) is 4.79 Å². The molecule has 0 spiro atoms. The summed E-state index contributed by atoms with van der Waals surface area (Å²) in [6.07, 6.45) is 14.8. The number of allylic oxidation sites excluding steroid dienone is 4. The standard InChI is InChI=1S/C27H33F2N2OP.C2H2O/c1-17-8-9-24-22(14-17)25(32)23(16-30-24)18(2)31-12-10-19(11-13-31)26(3,4)20-6-5-7-21(15-20)27(28,29)33;1-2-3/h5-9,14,16,19,21H,2,10-13,15,33H2,1,3-4H3,(H,30,32);1,3H. The summed E-state index contributed by atoms with van der Waals surface area (Å²) < 4.78 is 27.8. The van der Waals surface area contributed by atoms with E-state index in [1.165, 1.54) is 6.11 Å². The summed E-state index contributed by atoms with van der Waals surface area (Å²) in [5.41, 5.74) is 1.37. The van der Waals surface area contributed by atoms with Crippen LogP contribution in [-0.2, 0) is 0 Å². The molecule has 0 bridgehead atoms. The molecule has 1 aromatic carbocycles. The average Bonchev–Trinajstić information content (AvgIpc) is 2.84. The van der Waals surface area contributed by atoms with Crippen LogP contribution in [0, 0.1) is 36.7 Å². The second kappa shape index (κ2) is 11.0. The number of aryl methyl sites for hydroxylation is 1. The highest BCUT2D eigenvalue weighted by Crippen LogP contribution is 2.48. The van der Waals surface area contributed by atoms with Gasteiger partial charge in [0.05, 0.1) is 5.56 Å². The van der Waals surface area contributed by atoms with Crippen molar-refractivity contribution in [2.24, 2.45) is 17.3 Å². The number of halogens is 2. The van der Waals surface area contributed by atoms with E-state index in [-0.39, 0.29) is 10.8 Å². The summed E-state index contributed by atoms with van der Waals surface area (Å²) in [5, 5.41) is 7.78. The Balaban J connectivity index is 0.00000115. The van der Waals surface area contributed by atoms with E-state index in [0.29, 0.717) is 23.3 Å². The van der Waals surface area contributed by atoms with Crippen molar-refractivity contribution in [3.8, 4) is 12.5 Å². The topological polar surface area (TPSA) is 56.3 Å². The molecule has 1 aliphatic heterocycles. The Morgan fingerprint density at radius 3 is 2.56 bits per heavy atom. The molecule has 2 aromatic rings. The minimum atomic E-state index is -2.79. The maximum absolute atomic E-state index is 13.9. The van der Waals surface area contributed by atoms with Crippen LogP contribution in [0.5, 0.6) is 0 Å². The van der Waals surface area contributed by atoms with Gasteiger partial charge in [0, 0.05) is 41.8 Å². The van der Waals surface area contributed by atoms with Gasteiger partial charge in [-0.1, -0.05) is 71.5 Å². The Morgan fingerprint density at radius 2 is 1.94 bits per heavy atom. The van der Waals surface area contributed by atoms with Crippen molar-refractivity contribution in [3.05, 3.63) is 76.1 Å². The number of benzene rings is 1. The number of pyridine rings is 1. The predicted molar refractivity (Wildman–Crippen MR) is 147 cm³/mol. The molecule has 0 amide bonds. The SMILES string of the molecule is C#CO.C=C(c1c[nH]c2ccc(C)cc2c1=O)N1CCC(C(C)(C)C2=CC=CC(C(F)(F)P)C2)CC1. The number of H-pyrrole nitrogens is 1. The Bertz CT molecular complexity index is 1270. The zero-order valence-corrected chi connectivity index (χ0v) is 22.3. The van der Waals surface area contributed by atoms with Crippen LogP contribution in [0.1, 0.15) is 44.2 Å². The number of nitrogens with zero attached hydrogens (tertiary/aromatic N) is 1. The third-order valence-corrected chi connectivity index (χ3v) is 8.08. The van der Waals surface area contributed by atoms with Crippen LogP contribution >= 0.6 is 9.24 Å². The number of hydrogen-bond acceptors (Lipinski definition) is 3. The second-order valence-corrected chi connectivity index (χ2v) is 11.0. The smallest absolute Gasteiger partial charge is 0.265 e. The van der Waals surface area contributed by atoms with Crippen molar-refractivity contribution in [2.45, 2.75) is 45.7 Å². The molecule has 0 saturated carbocycles. The van der Waals surface area contributed by atoms with Gasteiger partial charge >= 0.3 is 0 Å². The van der Waals surface area contributed by atoms with E-state index in [4.69, 9.17) is 5.11 Å². The molecule has 192 valence electrons. The van der Waals surface area contributed by atoms with Gasteiger partial charge in [-0.25, -0.2) is 8.78 Å². The van der Waals surface area contributed by atoms with Crippen molar-refractivity contribution < 1.29 is 13.9 Å². The van der Waals surface area contributed by atoms with E-state index in [0.717, 1.165) is 48.3 Å². The van der Waals surface area contributed by atoms with Gasteiger partial charge in [-0.15, -0.1) is 0 Å². The minimum Gasteiger partial charge on any atom is -0.462 e. The van der Waals surface area contributed by atoms with Crippen molar-refractivity contribution in [1.29, 1.82) is 0 Å². The van der Waals surface area contributed by atoms with E-state index in [9.17, 15) is 13.6 Å². The summed E-state index contributed by atoms with van der Waals surface area (Å²) in [5.74, 6) is -0.388. The lowest BCUT2D eigenvalue weighted by atomic mass is 9.66. The van der Waals surface area contributed by atoms with Crippen LogP contribution in [-0.4, -0.2) is 33.7 Å². The number of fused-ring (bicyclic) bond motifs is 1. The second-order valence-electron chi connectivity index (χ2n) is 10.2. The number of terminal acetylenes is 1. The molecule has 2 aliphatic rings. The molecule has 1 aromatic heterocycles. The zero-order valence-electron chi connectivity index (χ0n) is 21.2. The monoisotopic (exact) mass is 512 g/mol. The molecule has 1 fully saturated rings. The minimum absolute atomic E-state index is 0.00320. The molecule has 1 saturated heterocycles. The van der Waals surface area contributed by atoms with Crippen LogP contribution in [0.25, 0.3) is 16.6 Å². The molecule has 36 heavy (non-hydrogen) atoms. The lowest BCUT2D eigenvalue weighted by molar-refractivity contribution is 0.0525. The third-order valence-electron chi connectivity index (χ3n) is 7.65. The number of hydrogen-bond donors (Lipinski definition) is 2. The first-order valence-electron chi connectivity index (χ1n) is 12.1. The highest BCUT2D eigenvalue weighted by molar-refractivity contribution is 7.18. The Kier molecular flexibility index (Phi) is 8.47. The highest BCUT2D eigenvalue weighted by Gasteiger charge is 2.40. The van der Waals surface area contributed by atoms with Gasteiger partial charge in [-0.2, -0.15) is 0 Å². The van der Waals surface area contributed by atoms with Crippen molar-refractivity contribution in [1.82, 2.24) is 9.88 Å². The summed E-state index contributed by atoms with van der Waals surface area (Å²) >= 11 is 0. The number of aromatic amines is 1. The van der Waals surface area contributed by atoms with Crippen molar-refractivity contribution in [2.75, 3.05) is 13.1 Å². The number of piperidine rings is 1. The van der Waals surface area contributed by atoms with Gasteiger partial charge in [-0.05, 0) is 49.7 Å². The third kappa shape index (κ3) is 5.90. The van der Waals surface area contributed by atoms with E-state index in [1.54, 1.807) is 27.6 Å². The molecule has 2 unspecified atom stereocenters. The van der Waals surface area contributed by atoms with Crippen LogP contribution in [0.4, 0.5) is 8.78 Å². The van der Waals surface area contributed by atoms with Crippen molar-refractivity contribution >= 4 is 25.8 Å². The molecule has 2 heterocycles. The fraction of sp³-hybridized carbons (Fsp3) is 0.414. The molecular weight excluding hydrogens is 477 g/mol. The number of aliphatic hydroxyl groups excluding tert-OH is 1. The summed E-state index contributed by atoms with van der Waals surface area (Å²) in [7, 11) is 1.69.